The molecule has 2 heterocycles. The van der Waals surface area contributed by atoms with E-state index in [1.165, 1.54) is 23.7 Å². The van der Waals surface area contributed by atoms with Gasteiger partial charge in [0.2, 0.25) is 0 Å². The highest BCUT2D eigenvalue weighted by atomic mass is 32.1. The number of primary amides is 1. The highest BCUT2D eigenvalue weighted by molar-refractivity contribution is 7.19. The van der Waals surface area contributed by atoms with E-state index in [9.17, 15) is 13.6 Å². The van der Waals surface area contributed by atoms with Crippen LogP contribution in [0.4, 0.5) is 30.8 Å². The molecule has 6 nitrogen and oxygen atoms in total. The van der Waals surface area contributed by atoms with E-state index in [-0.39, 0.29) is 5.69 Å². The number of anilines is 3. The van der Waals surface area contributed by atoms with Crippen LogP contribution in [0.1, 0.15) is 4.88 Å². The van der Waals surface area contributed by atoms with Crippen LogP contribution in [0.3, 0.4) is 0 Å². The fourth-order valence-electron chi connectivity index (χ4n) is 3.26. The van der Waals surface area contributed by atoms with E-state index < -0.39 is 23.4 Å². The maximum Gasteiger partial charge on any atom is 0.324 e. The van der Waals surface area contributed by atoms with Crippen LogP contribution >= 0.6 is 11.3 Å². The number of hydrogen-bond donors (Lipinski definition) is 2. The van der Waals surface area contributed by atoms with E-state index in [1.807, 2.05) is 6.92 Å². The highest BCUT2D eigenvalue weighted by Gasteiger charge is 2.23. The first-order valence-corrected chi connectivity index (χ1v) is 9.33. The summed E-state index contributed by atoms with van der Waals surface area (Å²) < 4.78 is 28.4. The molecular weight excluding hydrogens is 396 g/mol. The van der Waals surface area contributed by atoms with Crippen LogP contribution in [0.15, 0.2) is 48.8 Å². The second kappa shape index (κ2) is 7.10. The van der Waals surface area contributed by atoms with Crippen molar-refractivity contribution in [2.24, 2.45) is 5.73 Å². The lowest BCUT2D eigenvalue weighted by Gasteiger charge is -2.22. The van der Waals surface area contributed by atoms with Gasteiger partial charge in [-0.3, -0.25) is 4.90 Å². The van der Waals surface area contributed by atoms with Crippen LogP contribution in [-0.4, -0.2) is 16.0 Å². The van der Waals surface area contributed by atoms with Gasteiger partial charge in [-0.15, -0.1) is 11.3 Å². The van der Waals surface area contributed by atoms with Crippen molar-refractivity contribution in [3.05, 3.63) is 65.3 Å². The fourth-order valence-corrected chi connectivity index (χ4v) is 4.28. The minimum atomic E-state index is -1.00. The van der Waals surface area contributed by atoms with Gasteiger partial charge >= 0.3 is 6.03 Å². The molecule has 0 fully saturated rings. The standard InChI is InChI=1S/C20H15F2N5OS/c1-10-15(16-18(23)25-9-26-19(16)29-10)11-5-7-12(8-6-11)27(20(24)28)17-13(21)3-2-4-14(17)22/h2-9H,1H3,(H2,24,28)(H2,23,25,26). The summed E-state index contributed by atoms with van der Waals surface area (Å²) in [7, 11) is 0. The van der Waals surface area contributed by atoms with Gasteiger partial charge in [-0.25, -0.2) is 23.5 Å². The van der Waals surface area contributed by atoms with Crippen molar-refractivity contribution in [3.8, 4) is 11.1 Å². The van der Waals surface area contributed by atoms with Gasteiger partial charge in [0.25, 0.3) is 0 Å². The molecule has 2 aromatic heterocycles. The van der Waals surface area contributed by atoms with Gasteiger partial charge < -0.3 is 11.5 Å². The minimum Gasteiger partial charge on any atom is -0.383 e. The first-order chi connectivity index (χ1) is 13.9. The Morgan fingerprint density at radius 1 is 1.07 bits per heavy atom. The molecule has 0 saturated carbocycles. The Morgan fingerprint density at radius 2 is 1.72 bits per heavy atom. The van der Waals surface area contributed by atoms with Crippen molar-refractivity contribution in [2.75, 3.05) is 10.6 Å². The molecule has 4 N–H and O–H groups in total. The molecule has 29 heavy (non-hydrogen) atoms. The number of carbonyl (C=O) groups excluding carboxylic acids is 1. The number of aromatic nitrogens is 2. The van der Waals surface area contributed by atoms with Gasteiger partial charge in [-0.05, 0) is 36.8 Å². The van der Waals surface area contributed by atoms with Crippen molar-refractivity contribution in [2.45, 2.75) is 6.92 Å². The molecule has 0 unspecified atom stereocenters. The molecule has 9 heteroatoms. The Bertz CT molecular complexity index is 1220. The molecule has 0 bridgehead atoms. The van der Waals surface area contributed by atoms with Gasteiger partial charge in [0, 0.05) is 10.4 Å². The summed E-state index contributed by atoms with van der Waals surface area (Å²) in [4.78, 5) is 22.8. The zero-order chi connectivity index (χ0) is 20.7. The summed E-state index contributed by atoms with van der Waals surface area (Å²) in [5.41, 5.74) is 12.8. The Kier molecular flexibility index (Phi) is 4.59. The normalized spacial score (nSPS) is 11.0. The number of nitrogen functional groups attached to an aromatic ring is 1. The Morgan fingerprint density at radius 3 is 2.34 bits per heavy atom. The highest BCUT2D eigenvalue weighted by Crippen LogP contribution is 2.40. The van der Waals surface area contributed by atoms with Gasteiger partial charge in [0.15, 0.2) is 0 Å². The average molecular weight is 411 g/mol. The molecule has 0 atom stereocenters. The number of amides is 2. The lowest BCUT2D eigenvalue weighted by atomic mass is 10.0. The molecule has 0 radical (unpaired) electrons. The smallest absolute Gasteiger partial charge is 0.324 e. The van der Waals surface area contributed by atoms with E-state index in [1.54, 1.807) is 24.3 Å². The van der Waals surface area contributed by atoms with Gasteiger partial charge in [0.05, 0.1) is 11.1 Å². The second-order valence-electron chi connectivity index (χ2n) is 6.26. The van der Waals surface area contributed by atoms with E-state index in [4.69, 9.17) is 11.5 Å². The second-order valence-corrected chi connectivity index (χ2v) is 7.47. The Hall–Kier alpha value is -3.59. The fraction of sp³-hybridized carbons (Fsp3) is 0.0500. The molecule has 0 aliphatic carbocycles. The molecule has 0 aliphatic heterocycles. The van der Waals surface area contributed by atoms with E-state index in [2.05, 4.69) is 9.97 Å². The van der Waals surface area contributed by atoms with E-state index in [0.29, 0.717) is 5.82 Å². The molecule has 146 valence electrons. The SMILES string of the molecule is Cc1sc2ncnc(N)c2c1-c1ccc(N(C(N)=O)c2c(F)cccc2F)cc1. The zero-order valence-corrected chi connectivity index (χ0v) is 16.0. The first kappa shape index (κ1) is 18.8. The number of benzene rings is 2. The van der Waals surface area contributed by atoms with Gasteiger partial charge in [0.1, 0.15) is 34.3 Å². The summed E-state index contributed by atoms with van der Waals surface area (Å²) in [6, 6.07) is 8.92. The predicted molar refractivity (Wildman–Crippen MR) is 110 cm³/mol. The van der Waals surface area contributed by atoms with Crippen LogP contribution in [0.5, 0.6) is 0 Å². The monoisotopic (exact) mass is 411 g/mol. The number of thiophene rings is 1. The zero-order valence-electron chi connectivity index (χ0n) is 15.2. The first-order valence-electron chi connectivity index (χ1n) is 8.52. The largest absolute Gasteiger partial charge is 0.383 e. The average Bonchev–Trinajstić information content (AvgIpc) is 3.02. The van der Waals surface area contributed by atoms with Gasteiger partial charge in [-0.1, -0.05) is 18.2 Å². The van der Waals surface area contributed by atoms with Gasteiger partial charge in [-0.2, -0.15) is 0 Å². The molecule has 0 spiro atoms. The molecule has 2 aromatic carbocycles. The quantitative estimate of drug-likeness (QED) is 0.508. The number of carbonyl (C=O) groups is 1. The third kappa shape index (κ3) is 3.15. The maximum absolute atomic E-state index is 14.2. The lowest BCUT2D eigenvalue weighted by Crippen LogP contribution is -2.32. The number of aryl methyl sites for hydroxylation is 1. The summed E-state index contributed by atoms with van der Waals surface area (Å²) >= 11 is 1.49. The molecular formula is C20H15F2N5OS. The number of nitrogens with zero attached hydrogens (tertiary/aromatic N) is 3. The van der Waals surface area contributed by atoms with Crippen molar-refractivity contribution < 1.29 is 13.6 Å². The van der Waals surface area contributed by atoms with Crippen molar-refractivity contribution in [1.82, 2.24) is 9.97 Å². The number of para-hydroxylation sites is 1. The van der Waals surface area contributed by atoms with Crippen LogP contribution < -0.4 is 16.4 Å². The van der Waals surface area contributed by atoms with E-state index >= 15 is 0 Å². The third-order valence-electron chi connectivity index (χ3n) is 4.49. The number of nitrogens with two attached hydrogens (primary N) is 2. The topological polar surface area (TPSA) is 98.1 Å². The van der Waals surface area contributed by atoms with Crippen molar-refractivity contribution in [3.63, 3.8) is 0 Å². The predicted octanol–water partition coefficient (Wildman–Crippen LogP) is 4.74. The molecule has 2 amide bonds. The summed E-state index contributed by atoms with van der Waals surface area (Å²) in [5, 5.41) is 0.745. The number of halogens is 2. The van der Waals surface area contributed by atoms with Crippen LogP contribution in [0, 0.1) is 18.6 Å². The number of fused-ring (bicyclic) bond motifs is 1. The number of rotatable bonds is 3. The molecule has 0 aliphatic rings. The molecule has 4 aromatic rings. The summed E-state index contributed by atoms with van der Waals surface area (Å²) in [6.07, 6.45) is 1.41. The van der Waals surface area contributed by atoms with Crippen LogP contribution in [-0.2, 0) is 0 Å². The summed E-state index contributed by atoms with van der Waals surface area (Å²) in [6.45, 7) is 1.94. The molecule has 0 saturated heterocycles. The van der Waals surface area contributed by atoms with E-state index in [0.717, 1.165) is 43.3 Å². The molecule has 4 rings (SSSR count). The van der Waals surface area contributed by atoms with Crippen LogP contribution in [0.25, 0.3) is 21.3 Å². The number of urea groups is 1. The Labute approximate surface area is 168 Å². The summed E-state index contributed by atoms with van der Waals surface area (Å²) in [5.74, 6) is -1.42. The van der Waals surface area contributed by atoms with Crippen LogP contribution in [0.2, 0.25) is 0 Å². The number of hydrogen-bond acceptors (Lipinski definition) is 5. The maximum atomic E-state index is 14.2. The Balaban J connectivity index is 1.82. The van der Waals surface area contributed by atoms with Crippen molar-refractivity contribution in [1.29, 1.82) is 0 Å². The van der Waals surface area contributed by atoms with Crippen molar-refractivity contribution >= 4 is 44.8 Å². The lowest BCUT2D eigenvalue weighted by molar-refractivity contribution is 0.255. The third-order valence-corrected chi connectivity index (χ3v) is 5.50. The minimum absolute atomic E-state index is 0.228.